The van der Waals surface area contributed by atoms with E-state index in [4.69, 9.17) is 0 Å². The number of aryl methyl sites for hydroxylation is 3. The fraction of sp³-hybridized carbons (Fsp3) is 0.269. The number of aromatic nitrogens is 1. The van der Waals surface area contributed by atoms with Gasteiger partial charge in [-0.15, -0.1) is 0 Å². The third-order valence-corrected chi connectivity index (χ3v) is 6.06. The number of nitrogens with one attached hydrogen (secondary N) is 2. The lowest BCUT2D eigenvalue weighted by atomic mass is 10.1. The lowest BCUT2D eigenvalue weighted by molar-refractivity contribution is -0.122. The number of para-hydroxylation sites is 1. The molecule has 2 N–H and O–H groups in total. The summed E-state index contributed by atoms with van der Waals surface area (Å²) in [5.41, 5.74) is 7.78. The molecule has 3 aromatic rings. The van der Waals surface area contributed by atoms with Crippen LogP contribution >= 0.6 is 0 Å². The van der Waals surface area contributed by atoms with Crippen molar-refractivity contribution in [2.75, 3.05) is 22.2 Å². The molecule has 0 spiro atoms. The van der Waals surface area contributed by atoms with Crippen molar-refractivity contribution < 1.29 is 14.4 Å². The summed E-state index contributed by atoms with van der Waals surface area (Å²) in [5, 5.41) is 2.88. The molecule has 7 heteroatoms. The number of benzene rings is 2. The van der Waals surface area contributed by atoms with Crippen molar-refractivity contribution in [2.45, 2.75) is 33.6 Å². The van der Waals surface area contributed by atoms with Crippen LogP contribution in [0.1, 0.15) is 40.7 Å². The Morgan fingerprint density at radius 3 is 2.30 bits per heavy atom. The molecule has 1 saturated heterocycles. The molecule has 3 amide bonds. The van der Waals surface area contributed by atoms with Crippen LogP contribution in [0, 0.1) is 19.8 Å². The second-order valence-electron chi connectivity index (χ2n) is 8.35. The Labute approximate surface area is 193 Å². The molecule has 7 nitrogen and oxygen atoms in total. The van der Waals surface area contributed by atoms with E-state index in [1.54, 1.807) is 33.8 Å². The number of carbonyl (C=O) groups excluding carboxylic acids is 3. The molecule has 170 valence electrons. The van der Waals surface area contributed by atoms with Gasteiger partial charge in [-0.05, 0) is 68.3 Å². The first kappa shape index (κ1) is 22.3. The molecule has 0 saturated carbocycles. The number of hydrogen-bond donors (Lipinski definition) is 2. The second kappa shape index (κ2) is 9.32. The van der Waals surface area contributed by atoms with Gasteiger partial charge in [-0.1, -0.05) is 25.1 Å². The van der Waals surface area contributed by atoms with Gasteiger partial charge in [0.25, 0.3) is 5.91 Å². The molecule has 2 heterocycles. The van der Waals surface area contributed by atoms with E-state index in [1.165, 1.54) is 0 Å². The predicted molar refractivity (Wildman–Crippen MR) is 129 cm³/mol. The smallest absolute Gasteiger partial charge is 0.270 e. The maximum absolute atomic E-state index is 12.8. The maximum Gasteiger partial charge on any atom is 0.270 e. The Morgan fingerprint density at radius 2 is 1.64 bits per heavy atom. The van der Waals surface area contributed by atoms with Gasteiger partial charge in [0.05, 0.1) is 5.92 Å². The summed E-state index contributed by atoms with van der Waals surface area (Å²) in [6.07, 6.45) is 1.00. The molecule has 0 bridgehead atoms. The maximum atomic E-state index is 12.8. The minimum Gasteiger partial charge on any atom is -0.326 e. The van der Waals surface area contributed by atoms with Crippen LogP contribution in [0.15, 0.2) is 60.7 Å². The average molecular weight is 445 g/mol. The highest BCUT2D eigenvalue weighted by Gasteiger charge is 2.35. The second-order valence-corrected chi connectivity index (χ2v) is 8.35. The van der Waals surface area contributed by atoms with Crippen molar-refractivity contribution >= 4 is 29.1 Å². The van der Waals surface area contributed by atoms with E-state index < -0.39 is 5.92 Å². The standard InChI is InChI=1S/C26H28N4O3/c1-4-19-7-5-6-8-23(19)29-16-21(15-24(29)31)25(32)27-22-13-11-20(12-14-22)26(33)28-30-17(2)9-10-18(30)3/h5-14,21H,4,15-16H2,1-3H3,(H,27,32)(H,28,33). The van der Waals surface area contributed by atoms with Crippen LogP contribution in [0.25, 0.3) is 0 Å². The van der Waals surface area contributed by atoms with E-state index >= 15 is 0 Å². The zero-order valence-corrected chi connectivity index (χ0v) is 19.1. The van der Waals surface area contributed by atoms with Gasteiger partial charge in [0.2, 0.25) is 11.8 Å². The fourth-order valence-electron chi connectivity index (χ4n) is 4.15. The van der Waals surface area contributed by atoms with Crippen molar-refractivity contribution in [3.8, 4) is 0 Å². The number of carbonyl (C=O) groups is 3. The Hall–Kier alpha value is -3.87. The molecule has 1 unspecified atom stereocenters. The topological polar surface area (TPSA) is 83.4 Å². The van der Waals surface area contributed by atoms with Crippen LogP contribution in [-0.2, 0) is 16.0 Å². The largest absolute Gasteiger partial charge is 0.326 e. The number of hydrogen-bond acceptors (Lipinski definition) is 3. The van der Waals surface area contributed by atoms with Gasteiger partial charge in [-0.2, -0.15) is 0 Å². The summed E-state index contributed by atoms with van der Waals surface area (Å²) in [6, 6.07) is 18.4. The van der Waals surface area contributed by atoms with E-state index in [1.807, 2.05) is 57.2 Å². The predicted octanol–water partition coefficient (Wildman–Crippen LogP) is 4.04. The highest BCUT2D eigenvalue weighted by Crippen LogP contribution is 2.29. The number of nitrogens with zero attached hydrogens (tertiary/aromatic N) is 2. The summed E-state index contributed by atoms with van der Waals surface area (Å²) in [7, 11) is 0. The summed E-state index contributed by atoms with van der Waals surface area (Å²) < 4.78 is 1.73. The molecule has 1 atom stereocenters. The molecule has 1 fully saturated rings. The van der Waals surface area contributed by atoms with Crippen molar-refractivity contribution in [2.24, 2.45) is 5.92 Å². The third-order valence-electron chi connectivity index (χ3n) is 6.06. The van der Waals surface area contributed by atoms with Crippen molar-refractivity contribution in [3.05, 3.63) is 83.2 Å². The van der Waals surface area contributed by atoms with Crippen molar-refractivity contribution in [1.82, 2.24) is 4.68 Å². The van der Waals surface area contributed by atoms with Crippen LogP contribution in [0.3, 0.4) is 0 Å². The molecular weight excluding hydrogens is 416 g/mol. The van der Waals surface area contributed by atoms with Gasteiger partial charge in [0.15, 0.2) is 0 Å². The van der Waals surface area contributed by atoms with Gasteiger partial charge in [0.1, 0.15) is 0 Å². The van der Waals surface area contributed by atoms with E-state index in [0.29, 0.717) is 17.8 Å². The SMILES string of the molecule is CCc1ccccc1N1CC(C(=O)Nc2ccc(C(=O)Nn3c(C)ccc3C)cc2)CC1=O. The molecule has 0 aliphatic carbocycles. The van der Waals surface area contributed by atoms with Crippen LogP contribution in [0.2, 0.25) is 0 Å². The number of rotatable bonds is 6. The third kappa shape index (κ3) is 4.67. The highest BCUT2D eigenvalue weighted by molar-refractivity contribution is 6.04. The first-order valence-corrected chi connectivity index (χ1v) is 11.1. The van der Waals surface area contributed by atoms with Crippen molar-refractivity contribution in [3.63, 3.8) is 0 Å². The van der Waals surface area contributed by atoms with Crippen LogP contribution < -0.4 is 15.6 Å². The molecule has 1 aliphatic heterocycles. The number of anilines is 2. The zero-order chi connectivity index (χ0) is 23.5. The lowest BCUT2D eigenvalue weighted by Crippen LogP contribution is -2.28. The first-order valence-electron chi connectivity index (χ1n) is 11.1. The molecule has 33 heavy (non-hydrogen) atoms. The summed E-state index contributed by atoms with van der Waals surface area (Å²) in [6.45, 7) is 6.25. The molecule has 2 aromatic carbocycles. The molecule has 0 radical (unpaired) electrons. The Bertz CT molecular complexity index is 1180. The molecule has 1 aromatic heterocycles. The van der Waals surface area contributed by atoms with Gasteiger partial charge in [-0.3, -0.25) is 24.5 Å². The van der Waals surface area contributed by atoms with Crippen LogP contribution in [-0.4, -0.2) is 28.9 Å². The number of amides is 3. The van der Waals surface area contributed by atoms with E-state index in [0.717, 1.165) is 29.1 Å². The van der Waals surface area contributed by atoms with Gasteiger partial charge in [-0.25, -0.2) is 0 Å². The Morgan fingerprint density at radius 1 is 0.970 bits per heavy atom. The van der Waals surface area contributed by atoms with E-state index in [9.17, 15) is 14.4 Å². The van der Waals surface area contributed by atoms with Gasteiger partial charge in [0, 0.05) is 41.3 Å². The summed E-state index contributed by atoms with van der Waals surface area (Å²) >= 11 is 0. The first-order chi connectivity index (χ1) is 15.9. The van der Waals surface area contributed by atoms with Crippen LogP contribution in [0.4, 0.5) is 11.4 Å². The summed E-state index contributed by atoms with van der Waals surface area (Å²) in [4.78, 5) is 39.7. The fourth-order valence-corrected chi connectivity index (χ4v) is 4.15. The average Bonchev–Trinajstić information content (AvgIpc) is 3.36. The van der Waals surface area contributed by atoms with Gasteiger partial charge < -0.3 is 10.2 Å². The normalized spacial score (nSPS) is 15.5. The molecule has 4 rings (SSSR count). The monoisotopic (exact) mass is 444 g/mol. The minimum absolute atomic E-state index is 0.0429. The highest BCUT2D eigenvalue weighted by atomic mass is 16.2. The lowest BCUT2D eigenvalue weighted by Gasteiger charge is -2.20. The zero-order valence-electron chi connectivity index (χ0n) is 19.1. The molecule has 1 aliphatic rings. The van der Waals surface area contributed by atoms with Crippen molar-refractivity contribution in [1.29, 1.82) is 0 Å². The van der Waals surface area contributed by atoms with E-state index in [-0.39, 0.29) is 24.1 Å². The van der Waals surface area contributed by atoms with E-state index in [2.05, 4.69) is 10.7 Å². The molecular formula is C26H28N4O3. The quantitative estimate of drug-likeness (QED) is 0.602. The summed E-state index contributed by atoms with van der Waals surface area (Å²) in [5.74, 6) is -0.902. The van der Waals surface area contributed by atoms with Gasteiger partial charge >= 0.3 is 0 Å². The minimum atomic E-state index is -0.426. The Kier molecular flexibility index (Phi) is 6.31. The Balaban J connectivity index is 1.39. The van der Waals surface area contributed by atoms with Crippen LogP contribution in [0.5, 0.6) is 0 Å².